The van der Waals surface area contributed by atoms with E-state index in [0.29, 0.717) is 40.7 Å². The second kappa shape index (κ2) is 12.0. The summed E-state index contributed by atoms with van der Waals surface area (Å²) in [5.41, 5.74) is 2.01. The maximum atomic E-state index is 12.5. The number of aromatic nitrogens is 3. The second-order valence-electron chi connectivity index (χ2n) is 10.8. The Labute approximate surface area is 237 Å². The lowest BCUT2D eigenvalue weighted by molar-refractivity contribution is 0.0635. The molecule has 0 atom stereocenters. The van der Waals surface area contributed by atoms with E-state index in [4.69, 9.17) is 27.9 Å². The lowest BCUT2D eigenvalue weighted by Gasteiger charge is -2.33. The molecule has 0 fully saturated rings. The molecule has 2 amide bonds. The molecule has 0 unspecified atom stereocenters. The Morgan fingerprint density at radius 2 is 1.74 bits per heavy atom. The van der Waals surface area contributed by atoms with E-state index in [0.717, 1.165) is 11.1 Å². The summed E-state index contributed by atoms with van der Waals surface area (Å²) in [6, 6.07) is 7.17. The van der Waals surface area contributed by atoms with Crippen LogP contribution in [0.2, 0.25) is 10.3 Å². The summed E-state index contributed by atoms with van der Waals surface area (Å²) in [5, 5.41) is 16.0. The lowest BCUT2D eigenvalue weighted by atomic mass is 10.0. The highest BCUT2D eigenvalue weighted by atomic mass is 35.5. The maximum Gasteiger partial charge on any atom is 0.412 e. The number of nitrogens with zero attached hydrogens (tertiary/aromatic N) is 4. The predicted octanol–water partition coefficient (Wildman–Crippen LogP) is 7.34. The molecule has 10 nitrogen and oxygen atoms in total. The van der Waals surface area contributed by atoms with Gasteiger partial charge >= 0.3 is 12.2 Å². The Kier molecular flexibility index (Phi) is 9.24. The van der Waals surface area contributed by atoms with E-state index >= 15 is 0 Å². The summed E-state index contributed by atoms with van der Waals surface area (Å²) < 4.78 is 5.42. The number of anilines is 4. The highest BCUT2D eigenvalue weighted by Gasteiger charge is 2.28. The third-order valence-corrected chi connectivity index (χ3v) is 5.76. The van der Waals surface area contributed by atoms with Gasteiger partial charge in [0, 0.05) is 23.1 Å². The monoisotopic (exact) mass is 574 g/mol. The van der Waals surface area contributed by atoms with Gasteiger partial charge in [-0.2, -0.15) is 4.98 Å². The molecule has 12 heteroatoms. The highest BCUT2D eigenvalue weighted by Crippen LogP contribution is 2.29. The molecule has 2 heterocycles. The minimum atomic E-state index is -1.06. The molecule has 1 aromatic carbocycles. The van der Waals surface area contributed by atoms with E-state index in [9.17, 15) is 14.7 Å². The van der Waals surface area contributed by atoms with Crippen molar-refractivity contribution in [2.75, 3.05) is 15.5 Å². The largest absolute Gasteiger partial charge is 0.465 e. The van der Waals surface area contributed by atoms with Gasteiger partial charge in [-0.1, -0.05) is 11.6 Å². The molecule has 2 aromatic heterocycles. The number of nitrogens with one attached hydrogen (secondary N) is 2. The van der Waals surface area contributed by atoms with Crippen LogP contribution < -0.4 is 15.5 Å². The van der Waals surface area contributed by atoms with Gasteiger partial charge in [-0.05, 0) is 101 Å². The van der Waals surface area contributed by atoms with Gasteiger partial charge in [0.05, 0.1) is 18.1 Å². The SMILES string of the molecule is CC(C)(C)OC(=O)Nc1ccc(Nc2nc(Cl)ncc2Cl)cc1CCc1cncc(N(C(=O)O)C(C)(C)C)c1. The molecule has 3 N–H and O–H groups in total. The molecule has 0 saturated heterocycles. The van der Waals surface area contributed by atoms with E-state index in [2.05, 4.69) is 25.6 Å². The topological polar surface area (TPSA) is 130 Å². The van der Waals surface area contributed by atoms with Crippen molar-refractivity contribution in [2.45, 2.75) is 65.5 Å². The number of rotatable bonds is 7. The molecule has 3 rings (SSSR count). The van der Waals surface area contributed by atoms with Crippen molar-refractivity contribution in [1.29, 1.82) is 0 Å². The number of carbonyl (C=O) groups is 2. The van der Waals surface area contributed by atoms with Crippen molar-refractivity contribution in [2.24, 2.45) is 0 Å². The number of benzene rings is 1. The average Bonchev–Trinajstić information content (AvgIpc) is 2.79. The molecule has 0 radical (unpaired) electrons. The van der Waals surface area contributed by atoms with Gasteiger partial charge in [-0.25, -0.2) is 14.6 Å². The van der Waals surface area contributed by atoms with Crippen molar-refractivity contribution in [3.8, 4) is 0 Å². The molecular formula is C27H32Cl2N6O4. The minimum absolute atomic E-state index is 0.0448. The third-order valence-electron chi connectivity index (χ3n) is 5.30. The zero-order valence-electron chi connectivity index (χ0n) is 22.7. The average molecular weight is 575 g/mol. The number of ether oxygens (including phenoxy) is 1. The molecule has 0 aliphatic rings. The van der Waals surface area contributed by atoms with Crippen LogP contribution in [0.5, 0.6) is 0 Å². The number of carboxylic acid groups (broad SMARTS) is 1. The summed E-state index contributed by atoms with van der Waals surface area (Å²) in [7, 11) is 0. The first-order chi connectivity index (χ1) is 18.1. The molecule has 0 spiro atoms. The van der Waals surface area contributed by atoms with Gasteiger partial charge in [0.1, 0.15) is 10.6 Å². The molecular weight excluding hydrogens is 543 g/mol. The predicted molar refractivity (Wildman–Crippen MR) is 154 cm³/mol. The Hall–Kier alpha value is -3.63. The van der Waals surface area contributed by atoms with E-state index in [1.807, 2.05) is 26.8 Å². The lowest BCUT2D eigenvalue weighted by Crippen LogP contribution is -2.45. The first-order valence-corrected chi connectivity index (χ1v) is 12.9. The first-order valence-electron chi connectivity index (χ1n) is 12.2. The molecule has 39 heavy (non-hydrogen) atoms. The van der Waals surface area contributed by atoms with E-state index in [1.165, 1.54) is 17.3 Å². The van der Waals surface area contributed by atoms with Gasteiger partial charge < -0.3 is 15.2 Å². The maximum absolute atomic E-state index is 12.5. The first kappa shape index (κ1) is 29.9. The van der Waals surface area contributed by atoms with E-state index in [1.54, 1.807) is 45.2 Å². The van der Waals surface area contributed by atoms with Crippen molar-refractivity contribution in [1.82, 2.24) is 15.0 Å². The molecule has 3 aromatic rings. The summed E-state index contributed by atoms with van der Waals surface area (Å²) in [5.74, 6) is 0.336. The highest BCUT2D eigenvalue weighted by molar-refractivity contribution is 6.33. The number of hydrogen-bond donors (Lipinski definition) is 3. The summed E-state index contributed by atoms with van der Waals surface area (Å²) in [6.07, 6.45) is 3.99. The van der Waals surface area contributed by atoms with Crippen LogP contribution in [0.1, 0.15) is 52.7 Å². The summed E-state index contributed by atoms with van der Waals surface area (Å²) in [4.78, 5) is 38.0. The number of pyridine rings is 1. The Morgan fingerprint density at radius 3 is 2.38 bits per heavy atom. The third kappa shape index (κ3) is 8.69. The number of halogens is 2. The van der Waals surface area contributed by atoms with E-state index in [-0.39, 0.29) is 5.28 Å². The summed E-state index contributed by atoms with van der Waals surface area (Å²) >= 11 is 12.1. The van der Waals surface area contributed by atoms with Crippen LogP contribution >= 0.6 is 23.2 Å². The summed E-state index contributed by atoms with van der Waals surface area (Å²) in [6.45, 7) is 10.8. The molecule has 208 valence electrons. The van der Waals surface area contributed by atoms with Crippen LogP contribution in [0.4, 0.5) is 32.5 Å². The van der Waals surface area contributed by atoms with Crippen molar-refractivity contribution < 1.29 is 19.4 Å². The van der Waals surface area contributed by atoms with Crippen molar-refractivity contribution in [3.05, 3.63) is 64.3 Å². The minimum Gasteiger partial charge on any atom is -0.465 e. The van der Waals surface area contributed by atoms with Crippen LogP contribution in [0.3, 0.4) is 0 Å². The van der Waals surface area contributed by atoms with Crippen LogP contribution in [0.25, 0.3) is 0 Å². The number of hydrogen-bond acceptors (Lipinski definition) is 7. The number of aryl methyl sites for hydroxylation is 2. The van der Waals surface area contributed by atoms with Gasteiger partial charge in [0.2, 0.25) is 5.28 Å². The van der Waals surface area contributed by atoms with Gasteiger partial charge in [-0.3, -0.25) is 15.2 Å². The molecule has 0 aliphatic heterocycles. The fraction of sp³-hybridized carbons (Fsp3) is 0.370. The Bertz CT molecular complexity index is 1350. The second-order valence-corrected chi connectivity index (χ2v) is 11.5. The fourth-order valence-electron chi connectivity index (χ4n) is 3.78. The standard InChI is InChI=1S/C27H32Cl2N6O4/c1-26(2,3)35(25(37)38)19-11-16(13-30-14-19)7-8-17-12-18(32-22-20(28)15-31-23(29)34-22)9-10-21(17)33-24(36)39-27(4,5)6/h9-15H,7-8H2,1-6H3,(H,33,36)(H,37,38)(H,31,32,34). The van der Waals surface area contributed by atoms with Crippen molar-refractivity contribution >= 4 is 58.3 Å². The van der Waals surface area contributed by atoms with Gasteiger partial charge in [-0.15, -0.1) is 0 Å². The Balaban J connectivity index is 1.90. The smallest absolute Gasteiger partial charge is 0.412 e. The molecule has 0 aliphatic carbocycles. The van der Waals surface area contributed by atoms with Crippen LogP contribution in [0.15, 0.2) is 42.9 Å². The van der Waals surface area contributed by atoms with E-state index < -0.39 is 23.3 Å². The molecule has 0 saturated carbocycles. The van der Waals surface area contributed by atoms with Crippen LogP contribution in [-0.4, -0.2) is 43.4 Å². The van der Waals surface area contributed by atoms with Gasteiger partial charge in [0.25, 0.3) is 0 Å². The van der Waals surface area contributed by atoms with Crippen LogP contribution in [0, 0.1) is 0 Å². The molecule has 0 bridgehead atoms. The zero-order valence-corrected chi connectivity index (χ0v) is 24.2. The number of amides is 2. The fourth-order valence-corrected chi connectivity index (χ4v) is 4.05. The van der Waals surface area contributed by atoms with Crippen LogP contribution in [-0.2, 0) is 17.6 Å². The number of carbonyl (C=O) groups excluding carboxylic acids is 1. The zero-order chi connectivity index (χ0) is 29.0. The van der Waals surface area contributed by atoms with Crippen molar-refractivity contribution in [3.63, 3.8) is 0 Å². The van der Waals surface area contributed by atoms with Gasteiger partial charge in [0.15, 0.2) is 5.82 Å². The normalized spacial score (nSPS) is 11.6. The Morgan fingerprint density at radius 1 is 1.03 bits per heavy atom. The quantitative estimate of drug-likeness (QED) is 0.250.